The van der Waals surface area contributed by atoms with Gasteiger partial charge in [0.15, 0.2) is 5.96 Å². The number of nitrogens with one attached hydrogen (secondary N) is 1. The Morgan fingerprint density at radius 3 is 2.88 bits per heavy atom. The summed E-state index contributed by atoms with van der Waals surface area (Å²) in [6.45, 7) is 2.54. The highest BCUT2D eigenvalue weighted by Gasteiger charge is 2.15. The number of benzene rings is 1. The molecule has 1 aromatic heterocycles. The lowest BCUT2D eigenvalue weighted by Gasteiger charge is -2.22. The zero-order valence-electron chi connectivity index (χ0n) is 14.7. The third kappa shape index (κ3) is 5.48. The van der Waals surface area contributed by atoms with E-state index in [4.69, 9.17) is 10.5 Å². The number of hydrogen-bond acceptors (Lipinski definition) is 3. The van der Waals surface area contributed by atoms with Gasteiger partial charge in [-0.25, -0.2) is 9.98 Å². The van der Waals surface area contributed by atoms with Gasteiger partial charge in [0.05, 0.1) is 6.54 Å². The Labute approximate surface area is 149 Å². The van der Waals surface area contributed by atoms with E-state index in [1.807, 2.05) is 43.3 Å². The fraction of sp³-hybridized carbons (Fsp3) is 0.400. The summed E-state index contributed by atoms with van der Waals surface area (Å²) in [5.74, 6) is 1.09. The first-order valence-corrected chi connectivity index (χ1v) is 8.94. The molecular weight excluding hydrogens is 312 g/mol. The SMILES string of the molecule is Cc1cccc(NC(N)=NCc2ccnc(OC3CCCCC3)c2)c1. The van der Waals surface area contributed by atoms with Crippen LogP contribution in [0.25, 0.3) is 0 Å². The Balaban J connectivity index is 1.57. The molecule has 132 valence electrons. The number of pyridine rings is 1. The summed E-state index contributed by atoms with van der Waals surface area (Å²) in [5.41, 5.74) is 9.14. The van der Waals surface area contributed by atoms with E-state index in [9.17, 15) is 0 Å². The van der Waals surface area contributed by atoms with Crippen LogP contribution in [-0.4, -0.2) is 17.0 Å². The second-order valence-corrected chi connectivity index (χ2v) is 6.58. The molecule has 1 aromatic carbocycles. The summed E-state index contributed by atoms with van der Waals surface area (Å²) in [7, 11) is 0. The van der Waals surface area contributed by atoms with E-state index in [-0.39, 0.29) is 0 Å². The van der Waals surface area contributed by atoms with Crippen molar-refractivity contribution >= 4 is 11.6 Å². The van der Waals surface area contributed by atoms with Crippen LogP contribution in [0, 0.1) is 6.92 Å². The van der Waals surface area contributed by atoms with Gasteiger partial charge in [-0.2, -0.15) is 0 Å². The number of anilines is 1. The van der Waals surface area contributed by atoms with E-state index in [0.717, 1.165) is 24.1 Å². The summed E-state index contributed by atoms with van der Waals surface area (Å²) >= 11 is 0. The lowest BCUT2D eigenvalue weighted by Crippen LogP contribution is -2.22. The first kappa shape index (κ1) is 17.3. The molecule has 1 heterocycles. The number of hydrogen-bond donors (Lipinski definition) is 2. The molecule has 5 nitrogen and oxygen atoms in total. The lowest BCUT2D eigenvalue weighted by molar-refractivity contribution is 0.148. The van der Waals surface area contributed by atoms with Gasteiger partial charge in [0.2, 0.25) is 5.88 Å². The fourth-order valence-electron chi connectivity index (χ4n) is 3.05. The summed E-state index contributed by atoms with van der Waals surface area (Å²) in [6.07, 6.45) is 8.12. The molecule has 3 rings (SSSR count). The van der Waals surface area contributed by atoms with Gasteiger partial charge < -0.3 is 15.8 Å². The number of nitrogens with two attached hydrogens (primary N) is 1. The molecule has 1 aliphatic rings. The Bertz CT molecular complexity index is 723. The largest absolute Gasteiger partial charge is 0.474 e. The second kappa shape index (κ2) is 8.51. The highest BCUT2D eigenvalue weighted by atomic mass is 16.5. The number of aromatic nitrogens is 1. The van der Waals surface area contributed by atoms with E-state index in [0.29, 0.717) is 24.5 Å². The molecule has 0 unspecified atom stereocenters. The van der Waals surface area contributed by atoms with Crippen molar-refractivity contribution in [1.29, 1.82) is 0 Å². The Morgan fingerprint density at radius 2 is 2.08 bits per heavy atom. The van der Waals surface area contributed by atoms with Crippen molar-refractivity contribution < 1.29 is 4.74 Å². The molecule has 0 bridgehead atoms. The van der Waals surface area contributed by atoms with Crippen LogP contribution in [-0.2, 0) is 6.54 Å². The zero-order chi connectivity index (χ0) is 17.5. The van der Waals surface area contributed by atoms with Crippen LogP contribution in [0.5, 0.6) is 5.88 Å². The Kier molecular flexibility index (Phi) is 5.88. The van der Waals surface area contributed by atoms with E-state index in [1.165, 1.54) is 24.8 Å². The minimum Gasteiger partial charge on any atom is -0.474 e. The molecule has 1 fully saturated rings. The van der Waals surface area contributed by atoms with Crippen LogP contribution < -0.4 is 15.8 Å². The summed E-state index contributed by atoms with van der Waals surface area (Å²) < 4.78 is 6.01. The predicted octanol–water partition coefficient (Wildman–Crippen LogP) is 4.03. The van der Waals surface area contributed by atoms with Crippen molar-refractivity contribution in [2.75, 3.05) is 5.32 Å². The smallest absolute Gasteiger partial charge is 0.213 e. The van der Waals surface area contributed by atoms with Gasteiger partial charge >= 0.3 is 0 Å². The van der Waals surface area contributed by atoms with E-state index in [1.54, 1.807) is 6.20 Å². The molecule has 0 atom stereocenters. The van der Waals surface area contributed by atoms with Gasteiger partial charge in [-0.15, -0.1) is 0 Å². The van der Waals surface area contributed by atoms with Gasteiger partial charge in [0, 0.05) is 18.0 Å². The van der Waals surface area contributed by atoms with E-state index < -0.39 is 0 Å². The molecule has 0 amide bonds. The van der Waals surface area contributed by atoms with Crippen molar-refractivity contribution in [2.24, 2.45) is 10.7 Å². The molecule has 2 aromatic rings. The topological polar surface area (TPSA) is 72.5 Å². The van der Waals surface area contributed by atoms with E-state index >= 15 is 0 Å². The quantitative estimate of drug-likeness (QED) is 0.638. The van der Waals surface area contributed by atoms with Crippen molar-refractivity contribution in [3.8, 4) is 5.88 Å². The van der Waals surface area contributed by atoms with Gasteiger partial charge in [0.25, 0.3) is 0 Å². The summed E-state index contributed by atoms with van der Waals surface area (Å²) in [4.78, 5) is 8.73. The van der Waals surface area contributed by atoms with Crippen molar-refractivity contribution in [3.63, 3.8) is 0 Å². The molecule has 25 heavy (non-hydrogen) atoms. The number of rotatable bonds is 5. The molecule has 0 radical (unpaired) electrons. The minimum atomic E-state index is 0.299. The standard InChI is InChI=1S/C20H26N4O/c1-15-6-5-7-17(12-15)24-20(21)23-14-16-10-11-22-19(13-16)25-18-8-3-2-4-9-18/h5-7,10-13,18H,2-4,8-9,14H2,1H3,(H3,21,23,24). The highest BCUT2D eigenvalue weighted by Crippen LogP contribution is 2.22. The van der Waals surface area contributed by atoms with Crippen LogP contribution >= 0.6 is 0 Å². The maximum absolute atomic E-state index is 6.01. The number of guanidine groups is 1. The summed E-state index contributed by atoms with van der Waals surface area (Å²) in [6, 6.07) is 11.9. The number of nitrogens with zero attached hydrogens (tertiary/aromatic N) is 2. The third-order valence-corrected chi connectivity index (χ3v) is 4.36. The van der Waals surface area contributed by atoms with Gasteiger partial charge in [-0.1, -0.05) is 18.6 Å². The predicted molar refractivity (Wildman–Crippen MR) is 102 cm³/mol. The van der Waals surface area contributed by atoms with Crippen molar-refractivity contribution in [3.05, 3.63) is 53.7 Å². The van der Waals surface area contributed by atoms with Gasteiger partial charge in [-0.05, 0) is 61.9 Å². The van der Waals surface area contributed by atoms with Crippen LogP contribution in [0.4, 0.5) is 5.69 Å². The minimum absolute atomic E-state index is 0.299. The first-order valence-electron chi connectivity index (χ1n) is 8.94. The second-order valence-electron chi connectivity index (χ2n) is 6.58. The van der Waals surface area contributed by atoms with Gasteiger partial charge in [-0.3, -0.25) is 0 Å². The summed E-state index contributed by atoms with van der Waals surface area (Å²) in [5, 5.41) is 3.11. The molecule has 1 saturated carbocycles. The molecule has 0 spiro atoms. The molecule has 0 aliphatic heterocycles. The molecular formula is C20H26N4O. The van der Waals surface area contributed by atoms with Gasteiger partial charge in [0.1, 0.15) is 6.10 Å². The average molecular weight is 338 g/mol. The molecule has 1 aliphatic carbocycles. The van der Waals surface area contributed by atoms with Crippen molar-refractivity contribution in [1.82, 2.24) is 4.98 Å². The normalized spacial score (nSPS) is 15.8. The zero-order valence-corrected chi connectivity index (χ0v) is 14.7. The van der Waals surface area contributed by atoms with Crippen molar-refractivity contribution in [2.45, 2.75) is 51.7 Å². The van der Waals surface area contributed by atoms with Crippen LogP contribution in [0.15, 0.2) is 47.6 Å². The van der Waals surface area contributed by atoms with Crippen LogP contribution in [0.2, 0.25) is 0 Å². The monoisotopic (exact) mass is 338 g/mol. The Morgan fingerprint density at radius 1 is 1.24 bits per heavy atom. The lowest BCUT2D eigenvalue weighted by atomic mass is 9.98. The fourth-order valence-corrected chi connectivity index (χ4v) is 3.05. The molecule has 0 saturated heterocycles. The van der Waals surface area contributed by atoms with E-state index in [2.05, 4.69) is 15.3 Å². The number of aliphatic imine (C=N–C) groups is 1. The third-order valence-electron chi connectivity index (χ3n) is 4.36. The Hall–Kier alpha value is -2.56. The number of aryl methyl sites for hydroxylation is 1. The van der Waals surface area contributed by atoms with Crippen LogP contribution in [0.3, 0.4) is 0 Å². The highest BCUT2D eigenvalue weighted by molar-refractivity contribution is 5.92. The maximum Gasteiger partial charge on any atom is 0.213 e. The first-order chi connectivity index (χ1) is 12.2. The van der Waals surface area contributed by atoms with Crippen LogP contribution in [0.1, 0.15) is 43.2 Å². The molecule has 3 N–H and O–H groups in total. The molecule has 5 heteroatoms. The average Bonchev–Trinajstić information content (AvgIpc) is 2.61. The number of ether oxygens (including phenoxy) is 1. The maximum atomic E-state index is 6.01.